The molecule has 0 unspecified atom stereocenters. The molecule has 90 valence electrons. The monoisotopic (exact) mass is 235 g/mol. The predicted molar refractivity (Wildman–Crippen MR) is 79.5 cm³/mol. The van der Waals surface area contributed by atoms with Crippen LogP contribution < -0.4 is 5.73 Å². The van der Waals surface area contributed by atoms with Gasteiger partial charge in [-0.3, -0.25) is 0 Å². The van der Waals surface area contributed by atoms with Crippen LogP contribution in [0.1, 0.15) is 0 Å². The molecule has 0 aliphatic heterocycles. The van der Waals surface area contributed by atoms with E-state index in [4.69, 9.17) is 0 Å². The molecule has 18 heavy (non-hydrogen) atoms. The summed E-state index contributed by atoms with van der Waals surface area (Å²) in [4.78, 5) is 0. The summed E-state index contributed by atoms with van der Waals surface area (Å²) < 4.78 is 0. The van der Waals surface area contributed by atoms with Crippen molar-refractivity contribution in [2.75, 3.05) is 7.05 Å². The molecule has 0 spiro atoms. The van der Waals surface area contributed by atoms with Crippen LogP contribution in [0.15, 0.2) is 72.8 Å². The standard InChI is InChI=1S/C16H12.CH5N/c1-2-7-13(8-3-1)16-12-6-10-14-9-4-5-11-15(14)16;1-2/h1-12H;2H2,1H3. The number of nitrogens with two attached hydrogens (primary N) is 1. The molecule has 0 heterocycles. The average Bonchev–Trinajstić information content (AvgIpc) is 2.50. The smallest absolute Gasteiger partial charge is 0.0105 e. The van der Waals surface area contributed by atoms with Crippen molar-refractivity contribution in [3.05, 3.63) is 72.8 Å². The molecule has 3 aromatic carbocycles. The summed E-state index contributed by atoms with van der Waals surface area (Å²) >= 11 is 0. The third-order valence-electron chi connectivity index (χ3n) is 2.87. The minimum atomic E-state index is 1.28. The lowest BCUT2D eigenvalue weighted by Crippen LogP contribution is -1.79. The molecule has 2 N–H and O–H groups in total. The first-order chi connectivity index (χ1) is 8.95. The summed E-state index contributed by atoms with van der Waals surface area (Å²) in [7, 11) is 1.50. The maximum absolute atomic E-state index is 4.50. The summed E-state index contributed by atoms with van der Waals surface area (Å²) in [5.41, 5.74) is 7.08. The van der Waals surface area contributed by atoms with E-state index in [1.807, 2.05) is 0 Å². The Morgan fingerprint density at radius 3 is 2.00 bits per heavy atom. The van der Waals surface area contributed by atoms with Crippen LogP contribution in [0, 0.1) is 0 Å². The van der Waals surface area contributed by atoms with Crippen LogP contribution in [0.2, 0.25) is 0 Å². The molecule has 0 radical (unpaired) electrons. The minimum Gasteiger partial charge on any atom is -0.333 e. The summed E-state index contributed by atoms with van der Waals surface area (Å²) in [6, 6.07) is 25.5. The topological polar surface area (TPSA) is 26.0 Å². The largest absolute Gasteiger partial charge is 0.333 e. The Morgan fingerprint density at radius 1 is 0.611 bits per heavy atom. The fraction of sp³-hybridized carbons (Fsp3) is 0.0588. The molecule has 0 saturated heterocycles. The van der Waals surface area contributed by atoms with E-state index in [9.17, 15) is 0 Å². The fourth-order valence-electron chi connectivity index (χ4n) is 2.09. The normalized spacial score (nSPS) is 9.67. The molecule has 0 aliphatic rings. The van der Waals surface area contributed by atoms with Crippen LogP contribution in [0.4, 0.5) is 0 Å². The minimum absolute atomic E-state index is 1.28. The van der Waals surface area contributed by atoms with Gasteiger partial charge in [0.2, 0.25) is 0 Å². The molecule has 3 aromatic rings. The highest BCUT2D eigenvalue weighted by Crippen LogP contribution is 2.27. The van der Waals surface area contributed by atoms with Crippen LogP contribution in [-0.2, 0) is 0 Å². The molecule has 3 rings (SSSR count). The van der Waals surface area contributed by atoms with E-state index in [1.54, 1.807) is 0 Å². The van der Waals surface area contributed by atoms with E-state index >= 15 is 0 Å². The van der Waals surface area contributed by atoms with E-state index in [0.717, 1.165) is 0 Å². The van der Waals surface area contributed by atoms with Crippen LogP contribution in [-0.4, -0.2) is 7.05 Å². The van der Waals surface area contributed by atoms with Crippen LogP contribution in [0.5, 0.6) is 0 Å². The molecule has 0 fully saturated rings. The zero-order valence-corrected chi connectivity index (χ0v) is 10.5. The molecule has 0 aliphatic carbocycles. The third kappa shape index (κ3) is 2.41. The SMILES string of the molecule is CN.c1ccc(-c2cccc3ccccc23)cc1. The van der Waals surface area contributed by atoms with Crippen molar-refractivity contribution < 1.29 is 0 Å². The van der Waals surface area contributed by atoms with Gasteiger partial charge >= 0.3 is 0 Å². The second kappa shape index (κ2) is 5.99. The zero-order chi connectivity index (χ0) is 12.8. The second-order valence-corrected chi connectivity index (χ2v) is 3.89. The van der Waals surface area contributed by atoms with E-state index in [0.29, 0.717) is 0 Å². The van der Waals surface area contributed by atoms with E-state index in [1.165, 1.54) is 28.9 Å². The lowest BCUT2D eigenvalue weighted by atomic mass is 9.98. The highest BCUT2D eigenvalue weighted by atomic mass is 14.4. The van der Waals surface area contributed by atoms with Crippen LogP contribution in [0.3, 0.4) is 0 Å². The molecule has 1 heteroatoms. The lowest BCUT2D eigenvalue weighted by molar-refractivity contribution is 1.48. The first kappa shape index (κ1) is 12.3. The van der Waals surface area contributed by atoms with Gasteiger partial charge in [-0.15, -0.1) is 0 Å². The van der Waals surface area contributed by atoms with Gasteiger partial charge in [-0.05, 0) is 28.9 Å². The van der Waals surface area contributed by atoms with Gasteiger partial charge in [-0.1, -0.05) is 72.8 Å². The van der Waals surface area contributed by atoms with E-state index in [2.05, 4.69) is 78.5 Å². The highest BCUT2D eigenvalue weighted by Gasteiger charge is 2.01. The second-order valence-electron chi connectivity index (χ2n) is 3.89. The first-order valence-electron chi connectivity index (χ1n) is 6.06. The van der Waals surface area contributed by atoms with Gasteiger partial charge in [0, 0.05) is 0 Å². The predicted octanol–water partition coefficient (Wildman–Crippen LogP) is 4.08. The lowest BCUT2D eigenvalue weighted by Gasteiger charge is -2.06. The Balaban J connectivity index is 0.000000574. The summed E-state index contributed by atoms with van der Waals surface area (Å²) in [5, 5.41) is 2.61. The fourth-order valence-corrected chi connectivity index (χ4v) is 2.09. The molecule has 0 aromatic heterocycles. The van der Waals surface area contributed by atoms with Crippen molar-refractivity contribution in [3.63, 3.8) is 0 Å². The molecular weight excluding hydrogens is 218 g/mol. The molecule has 0 amide bonds. The number of rotatable bonds is 1. The Morgan fingerprint density at radius 2 is 1.22 bits per heavy atom. The number of fused-ring (bicyclic) bond motifs is 1. The molecule has 0 saturated carbocycles. The van der Waals surface area contributed by atoms with Crippen molar-refractivity contribution in [2.24, 2.45) is 5.73 Å². The molecule has 0 bridgehead atoms. The van der Waals surface area contributed by atoms with Crippen molar-refractivity contribution in [3.8, 4) is 11.1 Å². The first-order valence-corrected chi connectivity index (χ1v) is 6.06. The Kier molecular flexibility index (Phi) is 4.11. The summed E-state index contributed by atoms with van der Waals surface area (Å²) in [5.74, 6) is 0. The van der Waals surface area contributed by atoms with Gasteiger partial charge in [-0.25, -0.2) is 0 Å². The maximum Gasteiger partial charge on any atom is -0.0105 e. The van der Waals surface area contributed by atoms with Crippen LogP contribution >= 0.6 is 0 Å². The summed E-state index contributed by atoms with van der Waals surface area (Å²) in [6.07, 6.45) is 0. The van der Waals surface area contributed by atoms with Crippen LogP contribution in [0.25, 0.3) is 21.9 Å². The molecule has 1 nitrogen and oxygen atoms in total. The maximum atomic E-state index is 4.50. The number of hydrogen-bond acceptors (Lipinski definition) is 1. The Labute approximate surface area is 108 Å². The van der Waals surface area contributed by atoms with Crippen molar-refractivity contribution in [1.29, 1.82) is 0 Å². The molecular formula is C17H17N. The van der Waals surface area contributed by atoms with Crippen molar-refractivity contribution in [2.45, 2.75) is 0 Å². The van der Waals surface area contributed by atoms with Gasteiger partial charge in [0.25, 0.3) is 0 Å². The van der Waals surface area contributed by atoms with Gasteiger partial charge in [0.15, 0.2) is 0 Å². The van der Waals surface area contributed by atoms with Crippen molar-refractivity contribution >= 4 is 10.8 Å². The van der Waals surface area contributed by atoms with Gasteiger partial charge in [-0.2, -0.15) is 0 Å². The third-order valence-corrected chi connectivity index (χ3v) is 2.87. The van der Waals surface area contributed by atoms with Gasteiger partial charge in [0.05, 0.1) is 0 Å². The van der Waals surface area contributed by atoms with Gasteiger partial charge in [0.1, 0.15) is 0 Å². The average molecular weight is 235 g/mol. The summed E-state index contributed by atoms with van der Waals surface area (Å²) in [6.45, 7) is 0. The van der Waals surface area contributed by atoms with Crippen molar-refractivity contribution in [1.82, 2.24) is 0 Å². The van der Waals surface area contributed by atoms with Gasteiger partial charge < -0.3 is 5.73 Å². The number of hydrogen-bond donors (Lipinski definition) is 1. The highest BCUT2D eigenvalue weighted by molar-refractivity contribution is 5.96. The van der Waals surface area contributed by atoms with E-state index < -0.39 is 0 Å². The zero-order valence-electron chi connectivity index (χ0n) is 10.5. The Hall–Kier alpha value is -2.12. The quantitative estimate of drug-likeness (QED) is 0.675. The van der Waals surface area contributed by atoms with E-state index in [-0.39, 0.29) is 0 Å². The Bertz CT molecular complexity index is 609. The number of benzene rings is 3. The molecule has 0 atom stereocenters.